The Balaban J connectivity index is 3.43. The molecule has 1 rings (SSSR count). The Morgan fingerprint density at radius 3 is 2.38 bits per heavy atom. The van der Waals surface area contributed by atoms with E-state index in [2.05, 4.69) is 5.32 Å². The zero-order chi connectivity index (χ0) is 16.4. The SMILES string of the molecule is CC(=O)Nc1ccc(C)c(N(C#N)S(=O)(=O)C(F)(F)F)c1. The van der Waals surface area contributed by atoms with Gasteiger partial charge in [0.25, 0.3) is 0 Å². The zero-order valence-corrected chi connectivity index (χ0v) is 11.7. The van der Waals surface area contributed by atoms with Crippen molar-refractivity contribution < 1.29 is 26.4 Å². The van der Waals surface area contributed by atoms with Crippen LogP contribution >= 0.6 is 0 Å². The summed E-state index contributed by atoms with van der Waals surface area (Å²) in [6, 6.07) is 3.63. The summed E-state index contributed by atoms with van der Waals surface area (Å²) in [6.07, 6.45) is 0.999. The normalized spacial score (nSPS) is 11.6. The highest BCUT2D eigenvalue weighted by Gasteiger charge is 2.51. The summed E-state index contributed by atoms with van der Waals surface area (Å²) in [5.41, 5.74) is -5.90. The minimum Gasteiger partial charge on any atom is -0.326 e. The molecule has 6 nitrogen and oxygen atoms in total. The van der Waals surface area contributed by atoms with Gasteiger partial charge in [-0.05, 0) is 24.6 Å². The minimum atomic E-state index is -5.85. The molecule has 10 heteroatoms. The number of sulfonamides is 1. The first kappa shape index (κ1) is 16.8. The summed E-state index contributed by atoms with van der Waals surface area (Å²) in [4.78, 5) is 10.9. The Kier molecular flexibility index (Phi) is 4.48. The lowest BCUT2D eigenvalue weighted by Gasteiger charge is -2.20. The number of carbonyl (C=O) groups is 1. The number of carbonyl (C=O) groups excluding carboxylic acids is 1. The van der Waals surface area contributed by atoms with E-state index >= 15 is 0 Å². The molecular formula is C11H10F3N3O3S. The predicted octanol–water partition coefficient (Wildman–Crippen LogP) is 2.09. The van der Waals surface area contributed by atoms with Crippen LogP contribution in [0.1, 0.15) is 12.5 Å². The monoisotopic (exact) mass is 321 g/mol. The van der Waals surface area contributed by atoms with Gasteiger partial charge in [0.1, 0.15) is 0 Å². The van der Waals surface area contributed by atoms with Gasteiger partial charge < -0.3 is 5.32 Å². The summed E-state index contributed by atoms with van der Waals surface area (Å²) < 4.78 is 59.9. The van der Waals surface area contributed by atoms with Crippen molar-refractivity contribution >= 4 is 27.3 Å². The first-order chi connectivity index (χ1) is 9.50. The third-order valence-electron chi connectivity index (χ3n) is 2.37. The average molecular weight is 321 g/mol. The highest BCUT2D eigenvalue weighted by atomic mass is 32.2. The molecule has 114 valence electrons. The van der Waals surface area contributed by atoms with Crippen LogP contribution in [-0.4, -0.2) is 19.8 Å². The van der Waals surface area contributed by atoms with Crippen molar-refractivity contribution in [2.45, 2.75) is 19.4 Å². The Morgan fingerprint density at radius 2 is 1.95 bits per heavy atom. The summed E-state index contributed by atoms with van der Waals surface area (Å²) in [6.45, 7) is 2.51. The van der Waals surface area contributed by atoms with E-state index in [0.29, 0.717) is 0 Å². The van der Waals surface area contributed by atoms with Gasteiger partial charge in [0.05, 0.1) is 5.69 Å². The van der Waals surface area contributed by atoms with Crippen molar-refractivity contribution in [1.82, 2.24) is 0 Å². The molecule has 1 aromatic rings. The van der Waals surface area contributed by atoms with Crippen molar-refractivity contribution in [3.63, 3.8) is 0 Å². The van der Waals surface area contributed by atoms with Crippen LogP contribution in [0.15, 0.2) is 18.2 Å². The lowest BCUT2D eigenvalue weighted by Crippen LogP contribution is -2.38. The van der Waals surface area contributed by atoms with Gasteiger partial charge in [0.2, 0.25) is 5.91 Å². The number of hydrogen-bond donors (Lipinski definition) is 1. The van der Waals surface area contributed by atoms with Gasteiger partial charge in [0, 0.05) is 12.6 Å². The molecule has 0 saturated carbocycles. The third-order valence-corrected chi connectivity index (χ3v) is 3.72. The largest absolute Gasteiger partial charge is 0.517 e. The number of hydrogen-bond acceptors (Lipinski definition) is 4. The number of alkyl halides is 3. The minimum absolute atomic E-state index is 0.0701. The van der Waals surface area contributed by atoms with Crippen molar-refractivity contribution in [2.24, 2.45) is 0 Å². The van der Waals surface area contributed by atoms with E-state index in [1.165, 1.54) is 26.0 Å². The fourth-order valence-electron chi connectivity index (χ4n) is 1.45. The van der Waals surface area contributed by atoms with Crippen molar-refractivity contribution in [3.8, 4) is 6.19 Å². The first-order valence-corrected chi connectivity index (χ1v) is 6.84. The Morgan fingerprint density at radius 1 is 1.38 bits per heavy atom. The van der Waals surface area contributed by atoms with E-state index in [1.807, 2.05) is 0 Å². The summed E-state index contributed by atoms with van der Waals surface area (Å²) in [5.74, 6) is -0.494. The molecule has 0 saturated heterocycles. The average Bonchev–Trinajstić information content (AvgIpc) is 2.31. The first-order valence-electron chi connectivity index (χ1n) is 5.40. The van der Waals surface area contributed by atoms with E-state index in [0.717, 1.165) is 12.3 Å². The van der Waals surface area contributed by atoms with Crippen LogP contribution in [-0.2, 0) is 14.8 Å². The molecule has 0 bridgehead atoms. The maximum atomic E-state index is 12.5. The molecule has 0 heterocycles. The number of aryl methyl sites for hydroxylation is 1. The number of halogens is 3. The highest BCUT2D eigenvalue weighted by molar-refractivity contribution is 7.93. The van der Waals surface area contributed by atoms with Crippen molar-refractivity contribution in [1.29, 1.82) is 5.26 Å². The van der Waals surface area contributed by atoms with Gasteiger partial charge in [-0.15, -0.1) is 0 Å². The summed E-state index contributed by atoms with van der Waals surface area (Å²) >= 11 is 0. The fourth-order valence-corrected chi connectivity index (χ4v) is 2.22. The molecule has 1 N–H and O–H groups in total. The molecule has 1 amide bonds. The van der Waals surface area contributed by atoms with E-state index in [-0.39, 0.29) is 11.3 Å². The molecule has 0 radical (unpaired) electrons. The quantitative estimate of drug-likeness (QED) is 0.682. The van der Waals surface area contributed by atoms with Crippen LogP contribution < -0.4 is 9.62 Å². The van der Waals surface area contributed by atoms with E-state index in [9.17, 15) is 26.4 Å². The number of rotatable bonds is 3. The van der Waals surface area contributed by atoms with Gasteiger partial charge >= 0.3 is 15.5 Å². The molecule has 0 aliphatic heterocycles. The van der Waals surface area contributed by atoms with Gasteiger partial charge in [-0.3, -0.25) is 4.79 Å². The lowest BCUT2D eigenvalue weighted by molar-refractivity contribution is -0.114. The molecule has 0 aliphatic carbocycles. The van der Waals surface area contributed by atoms with Gasteiger partial charge in [0.15, 0.2) is 6.19 Å². The van der Waals surface area contributed by atoms with Crippen molar-refractivity contribution in [3.05, 3.63) is 23.8 Å². The molecule has 1 aromatic carbocycles. The van der Waals surface area contributed by atoms with Crippen LogP contribution in [0.2, 0.25) is 0 Å². The van der Waals surface area contributed by atoms with E-state index in [4.69, 9.17) is 5.26 Å². The van der Waals surface area contributed by atoms with Crippen LogP contribution in [0.25, 0.3) is 0 Å². The Labute approximate surface area is 118 Å². The van der Waals surface area contributed by atoms with Crippen LogP contribution in [0.3, 0.4) is 0 Å². The lowest BCUT2D eigenvalue weighted by atomic mass is 10.2. The topological polar surface area (TPSA) is 90.3 Å². The van der Waals surface area contributed by atoms with E-state index in [1.54, 1.807) is 0 Å². The predicted molar refractivity (Wildman–Crippen MR) is 68.5 cm³/mol. The van der Waals surface area contributed by atoms with Gasteiger partial charge in [-0.25, -0.2) is 0 Å². The number of nitrogens with zero attached hydrogens (tertiary/aromatic N) is 2. The summed E-state index contributed by atoms with van der Waals surface area (Å²) in [5, 5.41) is 11.1. The second-order valence-corrected chi connectivity index (χ2v) is 5.78. The molecule has 0 unspecified atom stereocenters. The second-order valence-electron chi connectivity index (χ2n) is 4.00. The van der Waals surface area contributed by atoms with Gasteiger partial charge in [-0.1, -0.05) is 6.07 Å². The number of nitriles is 1. The van der Waals surface area contributed by atoms with E-state index < -0.39 is 31.4 Å². The van der Waals surface area contributed by atoms with Crippen LogP contribution in [0.5, 0.6) is 0 Å². The number of nitrogens with one attached hydrogen (secondary N) is 1. The molecule has 0 spiro atoms. The van der Waals surface area contributed by atoms with Crippen LogP contribution in [0.4, 0.5) is 24.5 Å². The molecule has 0 aliphatic rings. The maximum absolute atomic E-state index is 12.5. The van der Waals surface area contributed by atoms with Gasteiger partial charge in [-0.2, -0.15) is 31.2 Å². The third kappa shape index (κ3) is 3.43. The zero-order valence-electron chi connectivity index (χ0n) is 10.9. The Hall–Kier alpha value is -2.28. The highest BCUT2D eigenvalue weighted by Crippen LogP contribution is 2.33. The second kappa shape index (κ2) is 5.61. The number of amides is 1. The summed E-state index contributed by atoms with van der Waals surface area (Å²) in [7, 11) is -5.85. The van der Waals surface area contributed by atoms with Crippen molar-refractivity contribution in [2.75, 3.05) is 9.62 Å². The molecule has 0 fully saturated rings. The molecule has 21 heavy (non-hydrogen) atoms. The smallest absolute Gasteiger partial charge is 0.326 e. The molecule has 0 atom stereocenters. The Bertz CT molecular complexity index is 708. The standard InChI is InChI=1S/C11H10F3N3O3S/c1-7-3-4-9(16-8(2)18)5-10(7)17(6-15)21(19,20)11(12,13)14/h3-5H,1-2H3,(H,16,18). The molecule has 0 aromatic heterocycles. The maximum Gasteiger partial charge on any atom is 0.517 e. The number of benzene rings is 1. The number of anilines is 2. The van der Waals surface area contributed by atoms with Crippen LogP contribution in [0, 0.1) is 18.4 Å². The molecular weight excluding hydrogens is 311 g/mol. The fraction of sp³-hybridized carbons (Fsp3) is 0.273.